The molecule has 0 atom stereocenters. The zero-order chi connectivity index (χ0) is 31.6. The molecule has 3 aromatic carbocycles. The summed E-state index contributed by atoms with van der Waals surface area (Å²) in [6, 6.07) is 18.0. The normalized spacial score (nSPS) is 15.5. The van der Waals surface area contributed by atoms with E-state index in [1.165, 1.54) is 18.6 Å². The molecule has 2 aliphatic heterocycles. The minimum Gasteiger partial charge on any atom is -0.438 e. The highest BCUT2D eigenvalue weighted by molar-refractivity contribution is 6.10. The van der Waals surface area contributed by atoms with E-state index in [-0.39, 0.29) is 12.1 Å². The lowest BCUT2D eigenvalue weighted by Crippen LogP contribution is -2.39. The summed E-state index contributed by atoms with van der Waals surface area (Å²) >= 11 is 0. The molecule has 2 aliphatic rings. The van der Waals surface area contributed by atoms with Crippen LogP contribution in [0.4, 0.5) is 21.7 Å². The number of piperidine rings is 2. The predicted molar refractivity (Wildman–Crippen MR) is 170 cm³/mol. The number of nitrogens with one attached hydrogen (secondary N) is 2. The summed E-state index contributed by atoms with van der Waals surface area (Å²) in [6.07, 6.45) is 7.37. The smallest absolute Gasteiger partial charge is 0.373 e. The van der Waals surface area contributed by atoms with Gasteiger partial charge in [-0.2, -0.15) is 14.6 Å². The van der Waals surface area contributed by atoms with Gasteiger partial charge in [0.1, 0.15) is 11.6 Å². The number of benzene rings is 3. The molecular weight excluding hydrogens is 575 g/mol. The van der Waals surface area contributed by atoms with Gasteiger partial charge in [0.15, 0.2) is 0 Å². The highest BCUT2D eigenvalue weighted by Crippen LogP contribution is 2.34. The molecule has 10 nitrogen and oxygen atoms in total. The molecule has 2 saturated heterocycles. The zero-order valence-electron chi connectivity index (χ0n) is 25.3. The fraction of sp³-hybridized carbons (Fsp3) is 0.353. The predicted octanol–water partition coefficient (Wildman–Crippen LogP) is 6.12. The Hall–Kier alpha value is -4.86. The van der Waals surface area contributed by atoms with Crippen LogP contribution in [0.1, 0.15) is 49.4 Å². The van der Waals surface area contributed by atoms with Crippen molar-refractivity contribution < 1.29 is 23.5 Å². The van der Waals surface area contributed by atoms with E-state index in [0.29, 0.717) is 34.9 Å². The first-order valence-corrected chi connectivity index (χ1v) is 15.3. The summed E-state index contributed by atoms with van der Waals surface area (Å²) in [5.41, 5.74) is 1.66. The lowest BCUT2D eigenvalue weighted by molar-refractivity contribution is -0.191. The van der Waals surface area contributed by atoms with Crippen molar-refractivity contribution in [1.82, 2.24) is 14.9 Å². The molecule has 0 aliphatic carbocycles. The third-order valence-electron chi connectivity index (χ3n) is 8.21. The number of fused-ring (bicyclic) bond motifs is 1. The summed E-state index contributed by atoms with van der Waals surface area (Å²) in [5, 5.41) is 8.08. The van der Waals surface area contributed by atoms with E-state index in [2.05, 4.69) is 37.3 Å². The fourth-order valence-corrected chi connectivity index (χ4v) is 5.86. The Morgan fingerprint density at radius 3 is 2.44 bits per heavy atom. The van der Waals surface area contributed by atoms with Gasteiger partial charge in [-0.1, -0.05) is 31.2 Å². The number of hydrogen-bond acceptors (Lipinski definition) is 9. The van der Waals surface area contributed by atoms with E-state index in [4.69, 9.17) is 14.3 Å². The van der Waals surface area contributed by atoms with E-state index in [9.17, 15) is 9.18 Å². The Morgan fingerprint density at radius 2 is 1.71 bits per heavy atom. The second kappa shape index (κ2) is 15.2. The van der Waals surface area contributed by atoms with E-state index in [0.717, 1.165) is 74.9 Å². The Kier molecular flexibility index (Phi) is 10.7. The Labute approximate surface area is 261 Å². The van der Waals surface area contributed by atoms with Crippen LogP contribution >= 0.6 is 0 Å². The molecule has 1 aromatic heterocycles. The Morgan fingerprint density at radius 1 is 0.978 bits per heavy atom. The molecule has 3 heterocycles. The number of amides is 1. The maximum atomic E-state index is 14.5. The van der Waals surface area contributed by atoms with Gasteiger partial charge in [0, 0.05) is 72.2 Å². The van der Waals surface area contributed by atoms with Crippen molar-refractivity contribution in [3.05, 3.63) is 78.2 Å². The average Bonchev–Trinajstić information content (AvgIpc) is 3.07. The highest BCUT2D eigenvalue weighted by Gasteiger charge is 2.20. The van der Waals surface area contributed by atoms with Crippen LogP contribution in [0.3, 0.4) is 0 Å². The van der Waals surface area contributed by atoms with Crippen LogP contribution in [0, 0.1) is 5.82 Å². The first-order valence-electron chi connectivity index (χ1n) is 15.3. The first-order chi connectivity index (χ1) is 22.0. The second-order valence-electron chi connectivity index (χ2n) is 11.1. The number of nitrogens with zero attached hydrogens (tertiary/aromatic N) is 4. The van der Waals surface area contributed by atoms with E-state index < -0.39 is 5.82 Å². The van der Waals surface area contributed by atoms with Crippen LogP contribution < -0.4 is 20.3 Å². The van der Waals surface area contributed by atoms with Crippen molar-refractivity contribution in [3.8, 4) is 11.6 Å². The number of carbonyl (C=O) groups is 1. The number of hydrogen-bond donors (Lipinski definition) is 2. The van der Waals surface area contributed by atoms with Gasteiger partial charge in [0.05, 0.1) is 0 Å². The molecule has 11 heteroatoms. The monoisotopic (exact) mass is 612 g/mol. The molecule has 1 amide bonds. The number of likely N-dealkylation sites (tertiary alicyclic amines) is 1. The van der Waals surface area contributed by atoms with E-state index >= 15 is 0 Å². The number of aromatic nitrogens is 2. The molecule has 4 aromatic rings. The average molecular weight is 613 g/mol. The van der Waals surface area contributed by atoms with Gasteiger partial charge < -0.3 is 25.2 Å². The fourth-order valence-electron chi connectivity index (χ4n) is 5.86. The third-order valence-corrected chi connectivity index (χ3v) is 8.21. The van der Waals surface area contributed by atoms with Crippen molar-refractivity contribution >= 4 is 40.2 Å². The number of carbonyl (C=O) groups excluding carboxylic acids is 3. The van der Waals surface area contributed by atoms with Gasteiger partial charge in [0.25, 0.3) is 5.91 Å². The molecule has 0 saturated carbocycles. The molecule has 6 rings (SSSR count). The lowest BCUT2D eigenvalue weighted by atomic mass is 10.1. The SMILES string of the molecule is CCN1CCC(Nc2nccc(Oc3ccc(NC(=O)c4cc(F)cc(N5CCCCC5)c4)c4ccccc34)n2)CC1.O=C=O. The minimum absolute atomic E-state index is 0.250. The standard InChI is InChI=1S/C33H37FN6O2.CO2/c1-2-39-18-13-25(14-19-39)36-33-35-15-12-31(38-33)42-30-11-10-29(27-8-4-5-9-28(27)30)37-32(41)23-20-24(34)22-26(21-23)40-16-6-3-7-17-40;2-1-3/h4-5,8-12,15,20-22,25H,2-3,6-7,13-14,16-19H2,1H3,(H,37,41)(H,35,36,38);. The van der Waals surface area contributed by atoms with Crippen molar-refractivity contribution in [3.63, 3.8) is 0 Å². The Bertz CT molecular complexity index is 1650. The summed E-state index contributed by atoms with van der Waals surface area (Å²) in [5.74, 6) is 0.826. The molecular formula is C34H37FN6O4. The first kappa shape index (κ1) is 31.6. The Balaban J connectivity index is 0.00000128. The van der Waals surface area contributed by atoms with E-state index in [1.807, 2.05) is 36.4 Å². The van der Waals surface area contributed by atoms with Crippen LogP contribution in [0.2, 0.25) is 0 Å². The van der Waals surface area contributed by atoms with Crippen LogP contribution in [0.15, 0.2) is 66.9 Å². The molecule has 45 heavy (non-hydrogen) atoms. The second-order valence-corrected chi connectivity index (χ2v) is 11.1. The van der Waals surface area contributed by atoms with Gasteiger partial charge in [-0.3, -0.25) is 4.79 Å². The van der Waals surface area contributed by atoms with E-state index in [1.54, 1.807) is 18.3 Å². The van der Waals surface area contributed by atoms with Crippen molar-refractivity contribution in [1.29, 1.82) is 0 Å². The van der Waals surface area contributed by atoms with Crippen molar-refractivity contribution in [2.45, 2.75) is 45.1 Å². The summed E-state index contributed by atoms with van der Waals surface area (Å²) in [4.78, 5) is 43.2. The minimum atomic E-state index is -0.415. The van der Waals surface area contributed by atoms with Crippen molar-refractivity contribution in [2.24, 2.45) is 0 Å². The van der Waals surface area contributed by atoms with Crippen LogP contribution in [-0.4, -0.2) is 65.7 Å². The number of ether oxygens (including phenoxy) is 1. The molecule has 0 bridgehead atoms. The third kappa shape index (κ3) is 8.20. The maximum absolute atomic E-state index is 14.5. The van der Waals surface area contributed by atoms with Gasteiger partial charge in [-0.15, -0.1) is 0 Å². The summed E-state index contributed by atoms with van der Waals surface area (Å²) < 4.78 is 20.8. The quantitative estimate of drug-likeness (QED) is 0.243. The van der Waals surface area contributed by atoms with Gasteiger partial charge in [-0.25, -0.2) is 9.37 Å². The topological polar surface area (TPSA) is 117 Å². The zero-order valence-corrected chi connectivity index (χ0v) is 25.3. The van der Waals surface area contributed by atoms with Gasteiger partial charge >= 0.3 is 6.15 Å². The van der Waals surface area contributed by atoms with Gasteiger partial charge in [0.2, 0.25) is 11.8 Å². The molecule has 234 valence electrons. The number of anilines is 3. The highest BCUT2D eigenvalue weighted by atomic mass is 19.1. The maximum Gasteiger partial charge on any atom is 0.373 e. The molecule has 2 N–H and O–H groups in total. The lowest BCUT2D eigenvalue weighted by Gasteiger charge is -2.31. The van der Waals surface area contributed by atoms with Crippen LogP contribution in [0.5, 0.6) is 11.6 Å². The van der Waals surface area contributed by atoms with Crippen LogP contribution in [0.25, 0.3) is 10.8 Å². The number of rotatable bonds is 8. The largest absolute Gasteiger partial charge is 0.438 e. The number of halogens is 1. The molecule has 2 fully saturated rings. The molecule has 0 spiro atoms. The van der Waals surface area contributed by atoms with Gasteiger partial charge in [-0.05, 0) is 69.0 Å². The van der Waals surface area contributed by atoms with Crippen LogP contribution in [-0.2, 0) is 9.59 Å². The summed E-state index contributed by atoms with van der Waals surface area (Å²) in [6.45, 7) is 7.15. The van der Waals surface area contributed by atoms with Crippen molar-refractivity contribution in [2.75, 3.05) is 48.3 Å². The molecule has 0 unspecified atom stereocenters. The summed E-state index contributed by atoms with van der Waals surface area (Å²) in [7, 11) is 0. The molecule has 0 radical (unpaired) electrons.